The fraction of sp³-hybridized carbons (Fsp3) is 0.167. The fourth-order valence-electron chi connectivity index (χ4n) is 3.10. The normalized spacial score (nSPS) is 13.2. The van der Waals surface area contributed by atoms with Crippen LogP contribution in [0, 0.1) is 0 Å². The molecule has 2 amide bonds. The number of rotatable bonds is 2. The Morgan fingerprint density at radius 2 is 1.96 bits per heavy atom. The summed E-state index contributed by atoms with van der Waals surface area (Å²) in [6.07, 6.45) is 3.13. The molecule has 0 unspecified atom stereocenters. The van der Waals surface area contributed by atoms with Gasteiger partial charge in [0.05, 0.1) is 16.9 Å². The number of hydrogen-bond donors (Lipinski definition) is 1. The van der Waals surface area contributed by atoms with E-state index in [-0.39, 0.29) is 5.91 Å². The first kappa shape index (κ1) is 16.7. The van der Waals surface area contributed by atoms with Gasteiger partial charge in [-0.2, -0.15) is 9.78 Å². The SMILES string of the molecule is CCN1c2ncccc2C(=O)N(C)c2ccc(-c3ccn(C(N)=O)n3)nc21. The quantitative estimate of drug-likeness (QED) is 0.746. The number of carbonyl (C=O) groups is 2. The van der Waals surface area contributed by atoms with Gasteiger partial charge in [-0.1, -0.05) is 0 Å². The Labute approximate surface area is 155 Å². The third-order valence-corrected chi connectivity index (χ3v) is 4.44. The minimum absolute atomic E-state index is 0.150. The topological polar surface area (TPSA) is 110 Å². The first-order chi connectivity index (χ1) is 13.0. The van der Waals surface area contributed by atoms with Crippen LogP contribution in [-0.2, 0) is 0 Å². The molecule has 9 nitrogen and oxygen atoms in total. The van der Waals surface area contributed by atoms with E-state index in [1.807, 2.05) is 17.9 Å². The van der Waals surface area contributed by atoms with Crippen molar-refractivity contribution in [1.82, 2.24) is 19.7 Å². The number of primary amides is 1. The highest BCUT2D eigenvalue weighted by atomic mass is 16.2. The first-order valence-electron chi connectivity index (χ1n) is 8.38. The summed E-state index contributed by atoms with van der Waals surface area (Å²) in [7, 11) is 1.71. The van der Waals surface area contributed by atoms with Crippen LogP contribution in [0.3, 0.4) is 0 Å². The summed E-state index contributed by atoms with van der Waals surface area (Å²) in [6.45, 7) is 2.54. The Morgan fingerprint density at radius 1 is 1.15 bits per heavy atom. The number of fused-ring (bicyclic) bond motifs is 2. The van der Waals surface area contributed by atoms with Crippen molar-refractivity contribution in [1.29, 1.82) is 0 Å². The van der Waals surface area contributed by atoms with Crippen LogP contribution >= 0.6 is 0 Å². The molecule has 0 bridgehead atoms. The number of anilines is 3. The molecule has 0 aromatic carbocycles. The van der Waals surface area contributed by atoms with Crippen molar-refractivity contribution in [2.45, 2.75) is 6.92 Å². The molecule has 1 aliphatic heterocycles. The Kier molecular flexibility index (Phi) is 3.84. The zero-order valence-electron chi connectivity index (χ0n) is 14.8. The molecule has 2 N–H and O–H groups in total. The average Bonchev–Trinajstić information content (AvgIpc) is 3.15. The predicted molar refractivity (Wildman–Crippen MR) is 100 cm³/mol. The molecule has 0 atom stereocenters. The summed E-state index contributed by atoms with van der Waals surface area (Å²) in [5, 5.41) is 4.15. The molecule has 3 aromatic rings. The van der Waals surface area contributed by atoms with Crippen LogP contribution in [0.5, 0.6) is 0 Å². The number of amides is 2. The van der Waals surface area contributed by atoms with Gasteiger partial charge < -0.3 is 15.5 Å². The van der Waals surface area contributed by atoms with Gasteiger partial charge in [0.1, 0.15) is 11.5 Å². The van der Waals surface area contributed by atoms with E-state index in [0.717, 1.165) is 4.68 Å². The molecule has 0 saturated carbocycles. The Balaban J connectivity index is 1.90. The van der Waals surface area contributed by atoms with Gasteiger partial charge in [-0.15, -0.1) is 0 Å². The maximum absolute atomic E-state index is 12.9. The van der Waals surface area contributed by atoms with Crippen molar-refractivity contribution in [3.8, 4) is 11.4 Å². The van der Waals surface area contributed by atoms with Gasteiger partial charge in [-0.3, -0.25) is 4.79 Å². The summed E-state index contributed by atoms with van der Waals surface area (Å²) in [5.41, 5.74) is 7.49. The van der Waals surface area contributed by atoms with Gasteiger partial charge in [0.2, 0.25) is 0 Å². The van der Waals surface area contributed by atoms with E-state index in [0.29, 0.717) is 40.8 Å². The lowest BCUT2D eigenvalue weighted by molar-refractivity contribution is 0.0994. The van der Waals surface area contributed by atoms with Crippen molar-refractivity contribution < 1.29 is 9.59 Å². The molecule has 1 aliphatic rings. The minimum atomic E-state index is -0.672. The monoisotopic (exact) mass is 363 g/mol. The molecule has 0 aliphatic carbocycles. The van der Waals surface area contributed by atoms with Crippen LogP contribution in [0.1, 0.15) is 17.3 Å². The Hall–Kier alpha value is -3.75. The van der Waals surface area contributed by atoms with E-state index in [2.05, 4.69) is 10.1 Å². The zero-order valence-corrected chi connectivity index (χ0v) is 14.8. The zero-order chi connectivity index (χ0) is 19.1. The van der Waals surface area contributed by atoms with Crippen LogP contribution in [0.2, 0.25) is 0 Å². The largest absolute Gasteiger partial charge is 0.350 e. The van der Waals surface area contributed by atoms with Gasteiger partial charge >= 0.3 is 6.03 Å². The highest BCUT2D eigenvalue weighted by Gasteiger charge is 2.30. The second-order valence-electron chi connectivity index (χ2n) is 6.01. The lowest BCUT2D eigenvalue weighted by Gasteiger charge is -2.23. The van der Waals surface area contributed by atoms with Crippen LogP contribution < -0.4 is 15.5 Å². The van der Waals surface area contributed by atoms with E-state index >= 15 is 0 Å². The van der Waals surface area contributed by atoms with Crippen LogP contribution in [0.4, 0.5) is 22.1 Å². The van der Waals surface area contributed by atoms with Crippen molar-refractivity contribution in [3.63, 3.8) is 0 Å². The van der Waals surface area contributed by atoms with Crippen LogP contribution in [0.15, 0.2) is 42.7 Å². The summed E-state index contributed by atoms with van der Waals surface area (Å²) in [6, 6.07) is 8.05. The molecule has 27 heavy (non-hydrogen) atoms. The number of nitrogens with zero attached hydrogens (tertiary/aromatic N) is 6. The van der Waals surface area contributed by atoms with Gasteiger partial charge in [0.15, 0.2) is 5.82 Å². The molecule has 0 fully saturated rings. The molecule has 4 heterocycles. The second kappa shape index (κ2) is 6.20. The number of aromatic nitrogens is 4. The van der Waals surface area contributed by atoms with Gasteiger partial charge in [0, 0.05) is 26.0 Å². The maximum Gasteiger partial charge on any atom is 0.339 e. The number of hydrogen-bond acceptors (Lipinski definition) is 6. The highest BCUT2D eigenvalue weighted by Crippen LogP contribution is 2.38. The molecular formula is C18H17N7O2. The molecular weight excluding hydrogens is 346 g/mol. The van der Waals surface area contributed by atoms with Crippen molar-refractivity contribution >= 4 is 29.3 Å². The van der Waals surface area contributed by atoms with E-state index in [4.69, 9.17) is 10.7 Å². The van der Waals surface area contributed by atoms with E-state index in [1.54, 1.807) is 42.4 Å². The smallest absolute Gasteiger partial charge is 0.339 e. The first-order valence-corrected chi connectivity index (χ1v) is 8.38. The van der Waals surface area contributed by atoms with Crippen molar-refractivity contribution in [3.05, 3.63) is 48.3 Å². The average molecular weight is 363 g/mol. The predicted octanol–water partition coefficient (Wildman–Crippen LogP) is 2.01. The molecule has 0 spiro atoms. The van der Waals surface area contributed by atoms with Crippen molar-refractivity contribution in [2.24, 2.45) is 5.73 Å². The molecule has 0 radical (unpaired) electrons. The van der Waals surface area contributed by atoms with E-state index < -0.39 is 6.03 Å². The van der Waals surface area contributed by atoms with Gasteiger partial charge in [-0.05, 0) is 37.3 Å². The second-order valence-corrected chi connectivity index (χ2v) is 6.01. The standard InChI is InChI=1S/C18H17N7O2/c1-3-24-15-11(5-4-9-20-15)17(26)23(2)14-7-6-12(21-16(14)24)13-8-10-25(22-13)18(19)27/h4-10H,3H2,1-2H3,(H2,19,27). The Morgan fingerprint density at radius 3 is 2.67 bits per heavy atom. The van der Waals surface area contributed by atoms with Crippen molar-refractivity contribution in [2.75, 3.05) is 23.4 Å². The molecule has 136 valence electrons. The fourth-order valence-corrected chi connectivity index (χ4v) is 3.10. The van der Waals surface area contributed by atoms with Gasteiger partial charge in [-0.25, -0.2) is 14.8 Å². The third-order valence-electron chi connectivity index (χ3n) is 4.44. The molecule has 0 saturated heterocycles. The number of pyridine rings is 2. The molecule has 3 aromatic heterocycles. The lowest BCUT2D eigenvalue weighted by Crippen LogP contribution is -2.25. The summed E-state index contributed by atoms with van der Waals surface area (Å²) < 4.78 is 1.05. The van der Waals surface area contributed by atoms with Crippen LogP contribution in [0.25, 0.3) is 11.4 Å². The summed E-state index contributed by atoms with van der Waals surface area (Å²) >= 11 is 0. The van der Waals surface area contributed by atoms with E-state index in [1.165, 1.54) is 6.20 Å². The van der Waals surface area contributed by atoms with Crippen LogP contribution in [-0.4, -0.2) is 45.3 Å². The minimum Gasteiger partial charge on any atom is -0.350 e. The van der Waals surface area contributed by atoms with Gasteiger partial charge in [0.25, 0.3) is 5.91 Å². The number of nitrogens with two attached hydrogens (primary N) is 1. The lowest BCUT2D eigenvalue weighted by atomic mass is 10.2. The number of carbonyl (C=O) groups excluding carboxylic acids is 2. The maximum atomic E-state index is 12.9. The summed E-state index contributed by atoms with van der Waals surface area (Å²) in [5.74, 6) is 1.00. The third kappa shape index (κ3) is 2.60. The van der Waals surface area contributed by atoms with E-state index in [9.17, 15) is 9.59 Å². The Bertz CT molecular complexity index is 1060. The highest BCUT2D eigenvalue weighted by molar-refractivity contribution is 6.12. The molecule has 9 heteroatoms. The molecule has 4 rings (SSSR count). The summed E-state index contributed by atoms with van der Waals surface area (Å²) in [4.78, 5) is 36.7.